The van der Waals surface area contributed by atoms with E-state index in [1.165, 1.54) is 12.8 Å². The van der Waals surface area contributed by atoms with Crippen LogP contribution in [-0.2, 0) is 6.42 Å². The van der Waals surface area contributed by atoms with Gasteiger partial charge in [-0.2, -0.15) is 0 Å². The van der Waals surface area contributed by atoms with Crippen LogP contribution in [0.2, 0.25) is 5.02 Å². The number of nitrogens with one attached hydrogen (secondary N) is 1. The van der Waals surface area contributed by atoms with Crippen molar-refractivity contribution in [2.24, 2.45) is 0 Å². The Bertz CT molecular complexity index is 1140. The van der Waals surface area contributed by atoms with E-state index in [4.69, 9.17) is 21.1 Å². The number of hydrogen-bond acceptors (Lipinski definition) is 5. The molecule has 0 radical (unpaired) electrons. The average molecular weight is 483 g/mol. The van der Waals surface area contributed by atoms with E-state index in [0.717, 1.165) is 46.0 Å². The molecule has 1 saturated heterocycles. The molecule has 172 valence electrons. The number of ether oxygens (including phenoxy) is 2. The molecule has 5 nitrogen and oxygen atoms in total. The Kier molecular flexibility index (Phi) is 6.58. The molecular weight excluding hydrogens is 456 g/mol. The third-order valence-corrected chi connectivity index (χ3v) is 7.79. The second kappa shape index (κ2) is 9.75. The normalized spacial score (nSPS) is 17.8. The molecule has 1 fully saturated rings. The highest BCUT2D eigenvalue weighted by Crippen LogP contribution is 2.38. The van der Waals surface area contributed by atoms with E-state index in [1.54, 1.807) is 18.4 Å². The number of halogens is 1. The monoisotopic (exact) mass is 482 g/mol. The third-order valence-electron chi connectivity index (χ3n) is 6.33. The molecule has 0 bridgehead atoms. The predicted molar refractivity (Wildman–Crippen MR) is 134 cm³/mol. The van der Waals surface area contributed by atoms with Gasteiger partial charge in [0.1, 0.15) is 0 Å². The van der Waals surface area contributed by atoms with E-state index < -0.39 is 0 Å². The summed E-state index contributed by atoms with van der Waals surface area (Å²) in [5.41, 5.74) is 3.02. The summed E-state index contributed by atoms with van der Waals surface area (Å²) >= 11 is 7.57. The van der Waals surface area contributed by atoms with Crippen molar-refractivity contribution in [1.82, 2.24) is 5.32 Å². The number of carbonyl (C=O) groups excluding carboxylic acids is 1. The molecule has 1 N–H and O–H groups in total. The Labute approximate surface area is 203 Å². The van der Waals surface area contributed by atoms with Crippen LogP contribution in [0.15, 0.2) is 48.5 Å². The molecule has 2 aromatic carbocycles. The van der Waals surface area contributed by atoms with Crippen molar-refractivity contribution in [3.63, 3.8) is 0 Å². The summed E-state index contributed by atoms with van der Waals surface area (Å²) in [7, 11) is 1.64. The average Bonchev–Trinajstić information content (AvgIpc) is 3.51. The second-order valence-electron chi connectivity index (χ2n) is 8.44. The number of hydrogen-bond donors (Lipinski definition) is 1. The van der Waals surface area contributed by atoms with Crippen molar-refractivity contribution in [1.29, 1.82) is 0 Å². The van der Waals surface area contributed by atoms with E-state index >= 15 is 0 Å². The molecule has 1 aromatic heterocycles. The van der Waals surface area contributed by atoms with Gasteiger partial charge in [0.25, 0.3) is 5.91 Å². The highest BCUT2D eigenvalue weighted by Gasteiger charge is 2.29. The second-order valence-corrected chi connectivity index (χ2v) is 9.93. The summed E-state index contributed by atoms with van der Waals surface area (Å²) in [6.07, 6.45) is 4.24. The van der Waals surface area contributed by atoms with Gasteiger partial charge in [0.2, 0.25) is 0 Å². The molecule has 2 aliphatic heterocycles. The lowest BCUT2D eigenvalue weighted by Gasteiger charge is -2.27. The van der Waals surface area contributed by atoms with Crippen molar-refractivity contribution in [3.8, 4) is 21.9 Å². The summed E-state index contributed by atoms with van der Waals surface area (Å²) in [6.45, 7) is 2.38. The fraction of sp³-hybridized carbons (Fsp3) is 0.346. The number of carbonyl (C=O) groups is 1. The summed E-state index contributed by atoms with van der Waals surface area (Å²) in [5.74, 6) is 1.40. The van der Waals surface area contributed by atoms with Gasteiger partial charge >= 0.3 is 0 Å². The first-order valence-electron chi connectivity index (χ1n) is 11.4. The molecule has 33 heavy (non-hydrogen) atoms. The minimum atomic E-state index is 0.0319. The lowest BCUT2D eigenvalue weighted by Crippen LogP contribution is -2.36. The minimum absolute atomic E-state index is 0.0319. The molecule has 0 aliphatic carbocycles. The van der Waals surface area contributed by atoms with Crippen molar-refractivity contribution in [3.05, 3.63) is 64.0 Å². The lowest BCUT2D eigenvalue weighted by molar-refractivity contribution is 0.0985. The van der Waals surface area contributed by atoms with Crippen LogP contribution < -0.4 is 19.7 Å². The van der Waals surface area contributed by atoms with Crippen LogP contribution in [0.1, 0.15) is 34.5 Å². The first kappa shape index (κ1) is 22.3. The molecule has 5 rings (SSSR count). The molecule has 1 atom stereocenters. The minimum Gasteiger partial charge on any atom is -0.493 e. The molecule has 0 saturated carbocycles. The molecule has 3 heterocycles. The summed E-state index contributed by atoms with van der Waals surface area (Å²) < 4.78 is 11.6. The zero-order chi connectivity index (χ0) is 22.8. The maximum Gasteiger partial charge on any atom is 0.268 e. The standard InChI is InChI=1S/C26H27ClN2O3S/c1-31-23-16-21(8-9-22(23)32-14-11-20-3-2-12-28-20)29-13-10-18-15-24(33-25(18)26(29)30)17-4-6-19(27)7-5-17/h4-9,15-16,20,28H,2-3,10-14H2,1H3. The number of fused-ring (bicyclic) bond motifs is 1. The first-order valence-corrected chi connectivity index (χ1v) is 12.6. The number of thiophene rings is 1. The quantitative estimate of drug-likeness (QED) is 0.462. The molecule has 7 heteroatoms. The molecule has 0 spiro atoms. The summed E-state index contributed by atoms with van der Waals surface area (Å²) in [6, 6.07) is 16.2. The zero-order valence-electron chi connectivity index (χ0n) is 18.6. The van der Waals surface area contributed by atoms with Gasteiger partial charge in [0.15, 0.2) is 11.5 Å². The molecule has 1 unspecified atom stereocenters. The largest absolute Gasteiger partial charge is 0.493 e. The summed E-state index contributed by atoms with van der Waals surface area (Å²) in [4.78, 5) is 17.1. The van der Waals surface area contributed by atoms with Crippen molar-refractivity contribution in [2.75, 3.05) is 31.7 Å². The number of anilines is 1. The van der Waals surface area contributed by atoms with E-state index in [0.29, 0.717) is 35.7 Å². The van der Waals surface area contributed by atoms with E-state index in [-0.39, 0.29) is 5.91 Å². The van der Waals surface area contributed by atoms with Crippen LogP contribution in [0.5, 0.6) is 11.5 Å². The van der Waals surface area contributed by atoms with Crippen molar-refractivity contribution >= 4 is 34.5 Å². The fourth-order valence-corrected chi connectivity index (χ4v) is 5.80. The predicted octanol–water partition coefficient (Wildman–Crippen LogP) is 5.80. The third kappa shape index (κ3) is 4.74. The van der Waals surface area contributed by atoms with Gasteiger partial charge in [-0.05, 0) is 73.7 Å². The maximum atomic E-state index is 13.4. The molecule has 2 aliphatic rings. The number of nitrogens with zero attached hydrogens (tertiary/aromatic N) is 1. The van der Waals surface area contributed by atoms with Crippen LogP contribution in [0, 0.1) is 0 Å². The van der Waals surface area contributed by atoms with Gasteiger partial charge in [-0.3, -0.25) is 4.79 Å². The number of methoxy groups -OCH3 is 1. The SMILES string of the molecule is COc1cc(N2CCc3cc(-c4ccc(Cl)cc4)sc3C2=O)ccc1OCCC1CCCN1. The Morgan fingerprint density at radius 2 is 2.00 bits per heavy atom. The van der Waals surface area contributed by atoms with E-state index in [2.05, 4.69) is 11.4 Å². The Morgan fingerprint density at radius 3 is 2.76 bits per heavy atom. The van der Waals surface area contributed by atoms with E-state index in [9.17, 15) is 4.79 Å². The highest BCUT2D eigenvalue weighted by molar-refractivity contribution is 7.17. The van der Waals surface area contributed by atoms with Crippen LogP contribution in [0.4, 0.5) is 5.69 Å². The highest BCUT2D eigenvalue weighted by atomic mass is 35.5. The molecule has 1 amide bonds. The smallest absolute Gasteiger partial charge is 0.268 e. The fourth-order valence-electron chi connectivity index (χ4n) is 4.51. The van der Waals surface area contributed by atoms with Crippen LogP contribution in [0.3, 0.4) is 0 Å². The Hall–Kier alpha value is -2.54. The van der Waals surface area contributed by atoms with Gasteiger partial charge < -0.3 is 19.7 Å². The number of benzene rings is 2. The maximum absolute atomic E-state index is 13.4. The van der Waals surface area contributed by atoms with Gasteiger partial charge in [-0.1, -0.05) is 23.7 Å². The molecular formula is C26H27ClN2O3S. The van der Waals surface area contributed by atoms with Gasteiger partial charge in [-0.25, -0.2) is 0 Å². The van der Waals surface area contributed by atoms with E-state index in [1.807, 2.05) is 47.4 Å². The lowest BCUT2D eigenvalue weighted by atomic mass is 10.1. The Balaban J connectivity index is 1.31. The summed E-state index contributed by atoms with van der Waals surface area (Å²) in [5, 5.41) is 4.20. The van der Waals surface area contributed by atoms with Crippen LogP contribution >= 0.6 is 22.9 Å². The first-order chi connectivity index (χ1) is 16.1. The number of rotatable bonds is 7. The van der Waals surface area contributed by atoms with Crippen LogP contribution in [-0.4, -0.2) is 38.8 Å². The van der Waals surface area contributed by atoms with Gasteiger partial charge in [-0.15, -0.1) is 11.3 Å². The zero-order valence-corrected chi connectivity index (χ0v) is 20.2. The number of amides is 1. The van der Waals surface area contributed by atoms with Crippen molar-refractivity contribution < 1.29 is 14.3 Å². The van der Waals surface area contributed by atoms with Gasteiger partial charge in [0.05, 0.1) is 18.6 Å². The van der Waals surface area contributed by atoms with Gasteiger partial charge in [0, 0.05) is 34.2 Å². The molecule has 3 aromatic rings. The topological polar surface area (TPSA) is 50.8 Å². The van der Waals surface area contributed by atoms with Crippen LogP contribution in [0.25, 0.3) is 10.4 Å². The van der Waals surface area contributed by atoms with Crippen molar-refractivity contribution in [2.45, 2.75) is 31.7 Å². The Morgan fingerprint density at radius 1 is 1.15 bits per heavy atom.